The number of hydrogen-bond donors (Lipinski definition) is 1. The topological polar surface area (TPSA) is 38.8 Å². The van der Waals surface area contributed by atoms with E-state index in [1.165, 1.54) is 16.3 Å². The maximum atomic E-state index is 12.5. The summed E-state index contributed by atoms with van der Waals surface area (Å²) in [6.45, 7) is 6.94. The Labute approximate surface area is 161 Å². The summed E-state index contributed by atoms with van der Waals surface area (Å²) in [6.07, 6.45) is 1.97. The van der Waals surface area contributed by atoms with Crippen molar-refractivity contribution in [3.63, 3.8) is 0 Å². The first-order valence-electron chi connectivity index (χ1n) is 10.1. The van der Waals surface area contributed by atoms with Crippen molar-refractivity contribution in [3.8, 4) is 0 Å². The zero-order valence-corrected chi connectivity index (χ0v) is 16.2. The smallest absolute Gasteiger partial charge is 0.317 e. The van der Waals surface area contributed by atoms with Crippen LogP contribution in [-0.4, -0.2) is 79.6 Å². The molecule has 5 heteroatoms. The molecule has 2 amide bonds. The highest BCUT2D eigenvalue weighted by Gasteiger charge is 2.31. The van der Waals surface area contributed by atoms with Gasteiger partial charge in [-0.05, 0) is 36.2 Å². The number of likely N-dealkylation sites (tertiary alicyclic amines) is 1. The molecule has 2 aromatic rings. The Hall–Kier alpha value is -2.11. The molecular weight excluding hydrogens is 336 g/mol. The van der Waals surface area contributed by atoms with E-state index in [9.17, 15) is 4.79 Å². The number of nitrogens with one attached hydrogen (secondary N) is 1. The van der Waals surface area contributed by atoms with Crippen molar-refractivity contribution in [1.82, 2.24) is 20.0 Å². The number of urea groups is 1. The van der Waals surface area contributed by atoms with E-state index in [1.807, 2.05) is 4.90 Å². The van der Waals surface area contributed by atoms with E-state index in [1.54, 1.807) is 0 Å². The van der Waals surface area contributed by atoms with Crippen molar-refractivity contribution in [1.29, 1.82) is 0 Å². The predicted octanol–water partition coefficient (Wildman–Crippen LogP) is 2.41. The molecule has 2 aliphatic rings. The van der Waals surface area contributed by atoms with Crippen molar-refractivity contribution in [2.24, 2.45) is 0 Å². The quantitative estimate of drug-likeness (QED) is 0.903. The molecule has 0 spiro atoms. The molecule has 1 unspecified atom stereocenters. The zero-order valence-electron chi connectivity index (χ0n) is 16.2. The van der Waals surface area contributed by atoms with Gasteiger partial charge in [-0.15, -0.1) is 0 Å². The van der Waals surface area contributed by atoms with Gasteiger partial charge in [-0.2, -0.15) is 0 Å². The fourth-order valence-electron chi connectivity index (χ4n) is 4.23. The number of amides is 2. The van der Waals surface area contributed by atoms with Crippen LogP contribution in [0.3, 0.4) is 0 Å². The summed E-state index contributed by atoms with van der Waals surface area (Å²) in [6, 6.07) is 15.6. The van der Waals surface area contributed by atoms with Gasteiger partial charge in [0, 0.05) is 51.9 Å². The van der Waals surface area contributed by atoms with Crippen molar-refractivity contribution in [3.05, 3.63) is 48.0 Å². The molecule has 2 heterocycles. The van der Waals surface area contributed by atoms with Gasteiger partial charge in [0.2, 0.25) is 0 Å². The summed E-state index contributed by atoms with van der Waals surface area (Å²) in [5.74, 6) is 0. The van der Waals surface area contributed by atoms with Crippen LogP contribution in [0.15, 0.2) is 42.5 Å². The molecule has 1 atom stereocenters. The Balaban J connectivity index is 1.23. The van der Waals surface area contributed by atoms with Crippen LogP contribution >= 0.6 is 0 Å². The Morgan fingerprint density at radius 1 is 1.04 bits per heavy atom. The second kappa shape index (κ2) is 8.28. The molecule has 2 aliphatic heterocycles. The second-order valence-corrected chi connectivity index (χ2v) is 7.89. The molecule has 2 saturated heterocycles. The average molecular weight is 367 g/mol. The van der Waals surface area contributed by atoms with Crippen LogP contribution in [0.4, 0.5) is 4.79 Å². The average Bonchev–Trinajstić information content (AvgIpc) is 3.19. The number of piperazine rings is 1. The SMILES string of the molecule is CN1CCN(C2CCN(C(=O)NCCc3ccc4ccccc4c3)C2)CC1. The van der Waals surface area contributed by atoms with Gasteiger partial charge >= 0.3 is 6.03 Å². The lowest BCUT2D eigenvalue weighted by Crippen LogP contribution is -2.50. The molecular formula is C22H30N4O. The first-order valence-corrected chi connectivity index (χ1v) is 10.1. The van der Waals surface area contributed by atoms with Crippen molar-refractivity contribution < 1.29 is 4.79 Å². The molecule has 0 saturated carbocycles. The van der Waals surface area contributed by atoms with Crippen LogP contribution in [0.25, 0.3) is 10.8 Å². The minimum Gasteiger partial charge on any atom is -0.338 e. The van der Waals surface area contributed by atoms with E-state index in [0.29, 0.717) is 12.6 Å². The third-order valence-corrected chi connectivity index (χ3v) is 6.01. The first kappa shape index (κ1) is 18.3. The molecule has 5 nitrogen and oxygen atoms in total. The molecule has 2 aromatic carbocycles. The van der Waals surface area contributed by atoms with Gasteiger partial charge in [0.1, 0.15) is 0 Å². The number of likely N-dealkylation sites (N-methyl/N-ethyl adjacent to an activating group) is 1. The number of hydrogen-bond acceptors (Lipinski definition) is 3. The molecule has 0 bridgehead atoms. The normalized spacial score (nSPS) is 21.7. The summed E-state index contributed by atoms with van der Waals surface area (Å²) >= 11 is 0. The van der Waals surface area contributed by atoms with Gasteiger partial charge in [-0.1, -0.05) is 42.5 Å². The standard InChI is InChI=1S/C22H30N4O/c1-24-12-14-25(15-13-24)21-9-11-26(17-21)22(27)23-10-8-18-6-7-19-4-2-3-5-20(19)16-18/h2-7,16,21H,8-15,17H2,1H3,(H,23,27). The van der Waals surface area contributed by atoms with Crippen molar-refractivity contribution in [2.75, 3.05) is 52.9 Å². The Morgan fingerprint density at radius 3 is 2.63 bits per heavy atom. The first-order chi connectivity index (χ1) is 13.2. The number of carbonyl (C=O) groups excluding carboxylic acids is 1. The third-order valence-electron chi connectivity index (χ3n) is 6.01. The lowest BCUT2D eigenvalue weighted by Gasteiger charge is -2.36. The minimum absolute atomic E-state index is 0.0902. The Kier molecular flexibility index (Phi) is 5.60. The largest absolute Gasteiger partial charge is 0.338 e. The molecule has 27 heavy (non-hydrogen) atoms. The summed E-state index contributed by atoms with van der Waals surface area (Å²) in [5.41, 5.74) is 1.27. The summed E-state index contributed by atoms with van der Waals surface area (Å²) in [5, 5.41) is 5.63. The number of fused-ring (bicyclic) bond motifs is 1. The maximum Gasteiger partial charge on any atom is 0.317 e. The lowest BCUT2D eigenvalue weighted by molar-refractivity contribution is 0.114. The van der Waals surface area contributed by atoms with Crippen molar-refractivity contribution in [2.45, 2.75) is 18.9 Å². The van der Waals surface area contributed by atoms with E-state index < -0.39 is 0 Å². The van der Waals surface area contributed by atoms with Gasteiger partial charge in [-0.3, -0.25) is 4.90 Å². The zero-order chi connectivity index (χ0) is 18.6. The number of nitrogens with zero attached hydrogens (tertiary/aromatic N) is 3. The van der Waals surface area contributed by atoms with Crippen LogP contribution in [0.1, 0.15) is 12.0 Å². The predicted molar refractivity (Wildman–Crippen MR) is 110 cm³/mol. The summed E-state index contributed by atoms with van der Waals surface area (Å²) in [4.78, 5) is 19.4. The molecule has 4 rings (SSSR count). The van der Waals surface area contributed by atoms with E-state index in [2.05, 4.69) is 64.6 Å². The molecule has 0 radical (unpaired) electrons. The maximum absolute atomic E-state index is 12.5. The van der Waals surface area contributed by atoms with Crippen LogP contribution in [0, 0.1) is 0 Å². The highest BCUT2D eigenvalue weighted by molar-refractivity contribution is 5.83. The van der Waals surface area contributed by atoms with Crippen LogP contribution in [0.5, 0.6) is 0 Å². The van der Waals surface area contributed by atoms with E-state index >= 15 is 0 Å². The van der Waals surface area contributed by atoms with Gasteiger partial charge in [0.15, 0.2) is 0 Å². The molecule has 2 fully saturated rings. The molecule has 144 valence electrons. The number of rotatable bonds is 4. The fraction of sp³-hybridized carbons (Fsp3) is 0.500. The van der Waals surface area contributed by atoms with E-state index in [0.717, 1.165) is 52.1 Å². The van der Waals surface area contributed by atoms with Gasteiger partial charge < -0.3 is 15.1 Å². The van der Waals surface area contributed by atoms with Gasteiger partial charge in [0.25, 0.3) is 0 Å². The second-order valence-electron chi connectivity index (χ2n) is 7.89. The molecule has 0 aliphatic carbocycles. The number of carbonyl (C=O) groups is 1. The van der Waals surface area contributed by atoms with Gasteiger partial charge in [0.05, 0.1) is 0 Å². The summed E-state index contributed by atoms with van der Waals surface area (Å²) in [7, 11) is 2.18. The number of benzene rings is 2. The summed E-state index contributed by atoms with van der Waals surface area (Å²) < 4.78 is 0. The van der Waals surface area contributed by atoms with E-state index in [4.69, 9.17) is 0 Å². The van der Waals surface area contributed by atoms with Crippen LogP contribution < -0.4 is 5.32 Å². The van der Waals surface area contributed by atoms with Crippen LogP contribution in [0.2, 0.25) is 0 Å². The van der Waals surface area contributed by atoms with Crippen molar-refractivity contribution >= 4 is 16.8 Å². The molecule has 0 aromatic heterocycles. The van der Waals surface area contributed by atoms with E-state index in [-0.39, 0.29) is 6.03 Å². The monoisotopic (exact) mass is 366 g/mol. The van der Waals surface area contributed by atoms with Crippen LogP contribution in [-0.2, 0) is 6.42 Å². The highest BCUT2D eigenvalue weighted by atomic mass is 16.2. The lowest BCUT2D eigenvalue weighted by atomic mass is 10.1. The highest BCUT2D eigenvalue weighted by Crippen LogP contribution is 2.18. The fourth-order valence-corrected chi connectivity index (χ4v) is 4.23. The Bertz CT molecular complexity index is 785. The molecule has 1 N–H and O–H groups in total. The third kappa shape index (κ3) is 4.42. The minimum atomic E-state index is 0.0902. The Morgan fingerprint density at radius 2 is 1.81 bits per heavy atom. The van der Waals surface area contributed by atoms with Gasteiger partial charge in [-0.25, -0.2) is 4.79 Å².